The van der Waals surface area contributed by atoms with Crippen molar-refractivity contribution in [3.05, 3.63) is 64.6 Å². The number of carbonyl (C=O) groups excluding carboxylic acids is 2. The molecular weight excluding hydrogens is 416 g/mol. The molecule has 0 saturated carbocycles. The summed E-state index contributed by atoms with van der Waals surface area (Å²) in [4.78, 5) is 35.7. The summed E-state index contributed by atoms with van der Waals surface area (Å²) in [5.41, 5.74) is 3.28. The number of hydrogen-bond donors (Lipinski definition) is 3. The van der Waals surface area contributed by atoms with Gasteiger partial charge in [0.2, 0.25) is 0 Å². The van der Waals surface area contributed by atoms with Crippen molar-refractivity contribution in [3.8, 4) is 11.5 Å². The lowest BCUT2D eigenvalue weighted by Gasteiger charge is -2.15. The number of amides is 2. The number of nitrogens with zero attached hydrogens (tertiary/aromatic N) is 1. The van der Waals surface area contributed by atoms with E-state index in [1.165, 1.54) is 24.3 Å². The molecule has 1 aliphatic heterocycles. The second-order valence-electron chi connectivity index (χ2n) is 5.76. The van der Waals surface area contributed by atoms with Crippen molar-refractivity contribution < 1.29 is 29.3 Å². The number of carbonyl (C=O) groups is 3. The molecule has 8 nitrogen and oxygen atoms in total. The number of benzene rings is 2. The van der Waals surface area contributed by atoms with Crippen molar-refractivity contribution in [2.24, 2.45) is 0 Å². The number of aliphatic carboxylic acids is 1. The molecule has 0 radical (unpaired) electrons. The van der Waals surface area contributed by atoms with Crippen LogP contribution in [0.5, 0.6) is 11.5 Å². The van der Waals surface area contributed by atoms with Gasteiger partial charge in [0.25, 0.3) is 11.8 Å². The van der Waals surface area contributed by atoms with Crippen LogP contribution in [0.1, 0.15) is 15.9 Å². The summed E-state index contributed by atoms with van der Waals surface area (Å²) >= 11 is 6.20. The Balaban J connectivity index is 1.69. The number of phenols is 1. The molecule has 2 aromatic carbocycles. The number of carboxylic acid groups (broad SMARTS) is 1. The van der Waals surface area contributed by atoms with Gasteiger partial charge >= 0.3 is 5.97 Å². The third kappa shape index (κ3) is 5.12. The maximum atomic E-state index is 12.6. The SMILES string of the molecule is O=C(O)COc1ccc(/C=C2\SC(=S)N(NC(=O)c3cccc(O)c3)C2=O)cc1. The molecule has 1 saturated heterocycles. The summed E-state index contributed by atoms with van der Waals surface area (Å²) in [6, 6.07) is 12.2. The lowest BCUT2D eigenvalue weighted by Crippen LogP contribution is -2.44. The van der Waals surface area contributed by atoms with Crippen LogP contribution in [-0.2, 0) is 9.59 Å². The third-order valence-electron chi connectivity index (χ3n) is 3.66. The third-order valence-corrected chi connectivity index (χ3v) is 4.96. The van der Waals surface area contributed by atoms with Crippen LogP contribution in [0.4, 0.5) is 0 Å². The highest BCUT2D eigenvalue weighted by atomic mass is 32.2. The van der Waals surface area contributed by atoms with E-state index in [4.69, 9.17) is 22.1 Å². The lowest BCUT2D eigenvalue weighted by atomic mass is 10.2. The van der Waals surface area contributed by atoms with Gasteiger partial charge in [0.1, 0.15) is 11.5 Å². The fourth-order valence-corrected chi connectivity index (χ4v) is 3.51. The van der Waals surface area contributed by atoms with E-state index in [-0.39, 0.29) is 15.6 Å². The van der Waals surface area contributed by atoms with E-state index in [0.29, 0.717) is 16.2 Å². The van der Waals surface area contributed by atoms with E-state index in [1.807, 2.05) is 0 Å². The van der Waals surface area contributed by atoms with E-state index in [2.05, 4.69) is 5.43 Å². The minimum absolute atomic E-state index is 0.0706. The Morgan fingerprint density at radius 2 is 1.93 bits per heavy atom. The number of hydrazine groups is 1. The highest BCUT2D eigenvalue weighted by Crippen LogP contribution is 2.31. The maximum Gasteiger partial charge on any atom is 0.341 e. The fraction of sp³-hybridized carbons (Fsp3) is 0.0526. The molecule has 148 valence electrons. The first-order valence-corrected chi connectivity index (χ1v) is 9.38. The van der Waals surface area contributed by atoms with Crippen LogP contribution in [0.25, 0.3) is 6.08 Å². The molecule has 1 aliphatic rings. The molecule has 29 heavy (non-hydrogen) atoms. The number of ether oxygens (including phenoxy) is 1. The van der Waals surface area contributed by atoms with Crippen LogP contribution in [-0.4, -0.2) is 43.9 Å². The molecule has 0 atom stereocenters. The van der Waals surface area contributed by atoms with Crippen LogP contribution in [0.2, 0.25) is 0 Å². The molecule has 0 aromatic heterocycles. The second kappa shape index (κ2) is 8.76. The first-order chi connectivity index (χ1) is 13.8. The zero-order valence-electron chi connectivity index (χ0n) is 14.7. The van der Waals surface area contributed by atoms with Crippen molar-refractivity contribution >= 4 is 52.2 Å². The smallest absolute Gasteiger partial charge is 0.341 e. The van der Waals surface area contributed by atoms with Crippen LogP contribution >= 0.6 is 24.0 Å². The van der Waals surface area contributed by atoms with Crippen LogP contribution in [0, 0.1) is 0 Å². The second-order valence-corrected chi connectivity index (χ2v) is 7.44. The molecule has 0 unspecified atom stereocenters. The molecule has 0 bridgehead atoms. The Hall–Kier alpha value is -3.37. The van der Waals surface area contributed by atoms with E-state index < -0.39 is 24.4 Å². The Kier molecular flexibility index (Phi) is 6.15. The van der Waals surface area contributed by atoms with E-state index in [9.17, 15) is 19.5 Å². The summed E-state index contributed by atoms with van der Waals surface area (Å²) in [5.74, 6) is -1.84. The molecule has 1 heterocycles. The molecule has 10 heteroatoms. The van der Waals surface area contributed by atoms with Crippen molar-refractivity contribution in [1.29, 1.82) is 0 Å². The summed E-state index contributed by atoms with van der Waals surface area (Å²) in [6.07, 6.45) is 1.60. The predicted molar refractivity (Wildman–Crippen MR) is 110 cm³/mol. The summed E-state index contributed by atoms with van der Waals surface area (Å²) in [5, 5.41) is 19.1. The van der Waals surface area contributed by atoms with Crippen LogP contribution in [0.3, 0.4) is 0 Å². The van der Waals surface area contributed by atoms with Gasteiger partial charge in [-0.3, -0.25) is 15.0 Å². The monoisotopic (exact) mass is 430 g/mol. The molecule has 0 aliphatic carbocycles. The standard InChI is InChI=1S/C19H14N2O6S2/c22-13-3-1-2-12(9-13)17(25)20-21-18(26)15(29-19(21)28)8-11-4-6-14(7-5-11)27-10-16(23)24/h1-9,22H,10H2,(H,20,25)(H,23,24)/b15-8-. The van der Waals surface area contributed by atoms with Crippen molar-refractivity contribution in [1.82, 2.24) is 10.4 Å². The molecule has 3 N–H and O–H groups in total. The van der Waals surface area contributed by atoms with Crippen molar-refractivity contribution in [2.75, 3.05) is 6.61 Å². The van der Waals surface area contributed by atoms with Crippen molar-refractivity contribution in [3.63, 3.8) is 0 Å². The van der Waals surface area contributed by atoms with E-state index >= 15 is 0 Å². The molecule has 2 aromatic rings. The lowest BCUT2D eigenvalue weighted by molar-refractivity contribution is -0.139. The van der Waals surface area contributed by atoms with Crippen LogP contribution < -0.4 is 10.2 Å². The van der Waals surface area contributed by atoms with Gasteiger partial charge in [-0.05, 0) is 54.2 Å². The summed E-state index contributed by atoms with van der Waals surface area (Å²) in [7, 11) is 0. The van der Waals surface area contributed by atoms with Gasteiger partial charge in [-0.15, -0.1) is 0 Å². The minimum Gasteiger partial charge on any atom is -0.508 e. The Bertz CT molecular complexity index is 1020. The molecule has 3 rings (SSSR count). The Morgan fingerprint density at radius 3 is 2.59 bits per heavy atom. The predicted octanol–water partition coefficient (Wildman–Crippen LogP) is 2.40. The number of thiocarbonyl (C=S) groups is 1. The van der Waals surface area contributed by atoms with E-state index in [1.54, 1.807) is 30.3 Å². The number of carboxylic acids is 1. The zero-order valence-corrected chi connectivity index (χ0v) is 16.3. The number of aromatic hydroxyl groups is 1. The first-order valence-electron chi connectivity index (χ1n) is 8.16. The van der Waals surface area contributed by atoms with Gasteiger partial charge in [-0.2, -0.15) is 5.01 Å². The Labute approximate surface area is 174 Å². The molecule has 0 spiro atoms. The van der Waals surface area contributed by atoms with Gasteiger partial charge in [0.05, 0.1) is 4.91 Å². The average molecular weight is 430 g/mol. The highest BCUT2D eigenvalue weighted by molar-refractivity contribution is 8.26. The number of rotatable bonds is 6. The topological polar surface area (TPSA) is 116 Å². The molecule has 2 amide bonds. The van der Waals surface area contributed by atoms with Gasteiger partial charge in [-0.1, -0.05) is 30.0 Å². The number of hydrogen-bond acceptors (Lipinski definition) is 7. The van der Waals surface area contributed by atoms with E-state index in [0.717, 1.165) is 16.8 Å². The normalized spacial score (nSPS) is 14.9. The summed E-state index contributed by atoms with van der Waals surface area (Å²) < 4.78 is 5.22. The van der Waals surface area contributed by atoms with Gasteiger partial charge in [0.15, 0.2) is 10.9 Å². The first kappa shape index (κ1) is 20.4. The van der Waals surface area contributed by atoms with Crippen LogP contribution in [0.15, 0.2) is 53.4 Å². The highest BCUT2D eigenvalue weighted by Gasteiger charge is 2.33. The number of phenolic OH excluding ortho intramolecular Hbond substituents is 1. The Morgan fingerprint density at radius 1 is 1.21 bits per heavy atom. The fourth-order valence-electron chi connectivity index (χ4n) is 2.33. The zero-order chi connectivity index (χ0) is 21.0. The number of thioether (sulfide) groups is 1. The van der Waals surface area contributed by atoms with Gasteiger partial charge in [0, 0.05) is 5.56 Å². The molecular formula is C19H14N2O6S2. The maximum absolute atomic E-state index is 12.6. The van der Waals surface area contributed by atoms with Crippen molar-refractivity contribution in [2.45, 2.75) is 0 Å². The summed E-state index contributed by atoms with van der Waals surface area (Å²) in [6.45, 7) is -0.448. The average Bonchev–Trinajstić information content (AvgIpc) is 2.94. The minimum atomic E-state index is -1.08. The quantitative estimate of drug-likeness (QED) is 0.473. The van der Waals surface area contributed by atoms with Gasteiger partial charge < -0.3 is 14.9 Å². The number of nitrogens with one attached hydrogen (secondary N) is 1. The van der Waals surface area contributed by atoms with Gasteiger partial charge in [-0.25, -0.2) is 4.79 Å². The molecule has 1 fully saturated rings. The largest absolute Gasteiger partial charge is 0.508 e.